The molecule has 0 aromatic carbocycles. The smallest absolute Gasteiger partial charge is 0.348 e. The van der Waals surface area contributed by atoms with Crippen LogP contribution in [-0.4, -0.2) is 37.0 Å². The van der Waals surface area contributed by atoms with Gasteiger partial charge < -0.3 is 5.11 Å². The van der Waals surface area contributed by atoms with Gasteiger partial charge in [0.1, 0.15) is 11.4 Å². The number of rotatable bonds is 4. The molecular weight excluding hydrogens is 228 g/mol. The van der Waals surface area contributed by atoms with Crippen LogP contribution in [0.15, 0.2) is 22.2 Å². The summed E-state index contributed by atoms with van der Waals surface area (Å²) in [5, 5.41) is 15.9. The molecule has 0 saturated carbocycles. The van der Waals surface area contributed by atoms with Crippen LogP contribution in [0, 0.1) is 5.92 Å². The molecule has 0 bridgehead atoms. The van der Waals surface area contributed by atoms with Gasteiger partial charge in [-0.15, -0.1) is 11.8 Å². The molecule has 6 nitrogen and oxygen atoms in total. The third-order valence-corrected chi connectivity index (χ3v) is 3.37. The van der Waals surface area contributed by atoms with E-state index in [1.807, 2.05) is 6.92 Å². The number of aliphatic hydroxyl groups excluding tert-OH is 1. The fraction of sp³-hybridized carbons (Fsp3) is 0.444. The third kappa shape index (κ3) is 2.25. The monoisotopic (exact) mass is 240 g/mol. The van der Waals surface area contributed by atoms with Crippen LogP contribution in [0.1, 0.15) is 6.92 Å². The largest absolute Gasteiger partial charge is 0.396 e. The number of fused-ring (bicyclic) bond motifs is 1. The highest BCUT2D eigenvalue weighted by molar-refractivity contribution is 7.99. The molecule has 7 heteroatoms. The molecule has 86 valence electrons. The summed E-state index contributed by atoms with van der Waals surface area (Å²) < 4.78 is 1.35. The minimum absolute atomic E-state index is 0.164. The average molecular weight is 240 g/mol. The number of hydrogen-bond donors (Lipinski definition) is 2. The lowest BCUT2D eigenvalue weighted by molar-refractivity contribution is 0.250. The Labute approximate surface area is 95.7 Å². The molecule has 0 spiro atoms. The Bertz CT molecular complexity index is 536. The SMILES string of the molecule is CC(CO)CSc1cc2n[nH]c(=O)n2cn1. The van der Waals surface area contributed by atoms with Crippen molar-refractivity contribution in [1.29, 1.82) is 0 Å². The van der Waals surface area contributed by atoms with Gasteiger partial charge in [0.2, 0.25) is 0 Å². The molecule has 0 amide bonds. The molecule has 2 N–H and O–H groups in total. The summed E-state index contributed by atoms with van der Waals surface area (Å²) in [5.74, 6) is 1.01. The van der Waals surface area contributed by atoms with Gasteiger partial charge in [-0.05, 0) is 5.92 Å². The second-order valence-electron chi connectivity index (χ2n) is 3.58. The highest BCUT2D eigenvalue weighted by Gasteiger charge is 2.05. The maximum atomic E-state index is 11.2. The molecule has 0 aliphatic carbocycles. The minimum atomic E-state index is -0.289. The van der Waals surface area contributed by atoms with Gasteiger partial charge in [-0.2, -0.15) is 5.10 Å². The Balaban J connectivity index is 2.17. The molecule has 0 fully saturated rings. The molecule has 2 aromatic heterocycles. The summed E-state index contributed by atoms with van der Waals surface area (Å²) in [6.45, 7) is 2.13. The van der Waals surface area contributed by atoms with Crippen LogP contribution >= 0.6 is 11.8 Å². The van der Waals surface area contributed by atoms with E-state index < -0.39 is 0 Å². The summed E-state index contributed by atoms with van der Waals surface area (Å²) in [6, 6.07) is 1.74. The zero-order valence-electron chi connectivity index (χ0n) is 8.75. The lowest BCUT2D eigenvalue weighted by atomic mass is 10.2. The van der Waals surface area contributed by atoms with E-state index in [1.165, 1.54) is 22.5 Å². The normalized spacial score (nSPS) is 13.1. The lowest BCUT2D eigenvalue weighted by Gasteiger charge is -2.05. The van der Waals surface area contributed by atoms with E-state index in [-0.39, 0.29) is 18.2 Å². The minimum Gasteiger partial charge on any atom is -0.396 e. The third-order valence-electron chi connectivity index (χ3n) is 2.11. The number of aromatic amines is 1. The highest BCUT2D eigenvalue weighted by atomic mass is 32.2. The summed E-state index contributed by atoms with van der Waals surface area (Å²) in [7, 11) is 0. The second-order valence-corrected chi connectivity index (χ2v) is 4.62. The zero-order valence-corrected chi connectivity index (χ0v) is 9.57. The van der Waals surface area contributed by atoms with E-state index in [1.54, 1.807) is 6.07 Å². The molecule has 0 radical (unpaired) electrons. The molecule has 0 saturated heterocycles. The molecule has 2 rings (SSSR count). The first-order chi connectivity index (χ1) is 7.70. The van der Waals surface area contributed by atoms with Crippen LogP contribution in [0.25, 0.3) is 5.65 Å². The second kappa shape index (κ2) is 4.67. The Morgan fingerprint density at radius 2 is 2.50 bits per heavy atom. The van der Waals surface area contributed by atoms with Crippen LogP contribution in [0.4, 0.5) is 0 Å². The van der Waals surface area contributed by atoms with Crippen LogP contribution < -0.4 is 5.69 Å². The Hall–Kier alpha value is -1.34. The van der Waals surface area contributed by atoms with E-state index in [0.29, 0.717) is 5.65 Å². The Kier molecular flexibility index (Phi) is 3.25. The van der Waals surface area contributed by atoms with Gasteiger partial charge in [0.05, 0.1) is 0 Å². The van der Waals surface area contributed by atoms with Gasteiger partial charge >= 0.3 is 5.69 Å². The zero-order chi connectivity index (χ0) is 11.5. The standard InChI is InChI=1S/C9H12N4O2S/c1-6(3-14)4-16-8-2-7-11-12-9(15)13(7)5-10-8/h2,5-6,14H,3-4H2,1H3,(H,12,15). The van der Waals surface area contributed by atoms with Crippen LogP contribution in [0.2, 0.25) is 0 Å². The van der Waals surface area contributed by atoms with Crippen molar-refractivity contribution in [3.8, 4) is 0 Å². The van der Waals surface area contributed by atoms with Crippen molar-refractivity contribution in [2.45, 2.75) is 11.9 Å². The number of aliphatic hydroxyl groups is 1. The fourth-order valence-electron chi connectivity index (χ4n) is 1.15. The predicted octanol–water partition coefficient (Wildman–Crippen LogP) is 0.138. The van der Waals surface area contributed by atoms with Gasteiger partial charge in [-0.25, -0.2) is 19.3 Å². The average Bonchev–Trinajstić information content (AvgIpc) is 2.67. The first kappa shape index (κ1) is 11.2. The van der Waals surface area contributed by atoms with Crippen molar-refractivity contribution in [2.24, 2.45) is 5.92 Å². The topological polar surface area (TPSA) is 83.3 Å². The summed E-state index contributed by atoms with van der Waals surface area (Å²) in [6.07, 6.45) is 1.45. The molecule has 1 atom stereocenters. The summed E-state index contributed by atoms with van der Waals surface area (Å²) >= 11 is 1.54. The highest BCUT2D eigenvalue weighted by Crippen LogP contribution is 2.18. The predicted molar refractivity (Wildman–Crippen MR) is 60.6 cm³/mol. The van der Waals surface area contributed by atoms with Crippen molar-refractivity contribution in [2.75, 3.05) is 12.4 Å². The quantitative estimate of drug-likeness (QED) is 0.586. The molecule has 2 aromatic rings. The van der Waals surface area contributed by atoms with Gasteiger partial charge in [0, 0.05) is 18.4 Å². The van der Waals surface area contributed by atoms with E-state index in [0.717, 1.165) is 10.8 Å². The van der Waals surface area contributed by atoms with Gasteiger partial charge in [-0.1, -0.05) is 6.92 Å². The molecule has 1 unspecified atom stereocenters. The summed E-state index contributed by atoms with van der Waals surface area (Å²) in [5.41, 5.74) is 0.266. The van der Waals surface area contributed by atoms with E-state index in [4.69, 9.17) is 5.11 Å². The van der Waals surface area contributed by atoms with E-state index in [9.17, 15) is 4.79 Å². The molecule has 0 aliphatic heterocycles. The number of nitrogens with one attached hydrogen (secondary N) is 1. The van der Waals surface area contributed by atoms with Gasteiger partial charge in [0.15, 0.2) is 5.65 Å². The van der Waals surface area contributed by atoms with Crippen molar-refractivity contribution >= 4 is 17.4 Å². The first-order valence-corrected chi connectivity index (χ1v) is 5.85. The van der Waals surface area contributed by atoms with Crippen molar-refractivity contribution < 1.29 is 5.11 Å². The number of nitrogens with zero attached hydrogens (tertiary/aromatic N) is 3. The van der Waals surface area contributed by atoms with Crippen molar-refractivity contribution in [3.05, 3.63) is 22.9 Å². The summed E-state index contributed by atoms with van der Waals surface area (Å²) in [4.78, 5) is 15.3. The molecule has 0 aliphatic rings. The molecular formula is C9H12N4O2S. The number of H-pyrrole nitrogens is 1. The van der Waals surface area contributed by atoms with Crippen LogP contribution in [0.5, 0.6) is 0 Å². The number of hydrogen-bond acceptors (Lipinski definition) is 5. The number of aromatic nitrogens is 4. The van der Waals surface area contributed by atoms with Crippen LogP contribution in [0.3, 0.4) is 0 Å². The fourth-order valence-corrected chi connectivity index (χ4v) is 2.02. The maximum Gasteiger partial charge on any atom is 0.348 e. The maximum absolute atomic E-state index is 11.2. The van der Waals surface area contributed by atoms with Gasteiger partial charge in [0.25, 0.3) is 0 Å². The Morgan fingerprint density at radius 1 is 1.69 bits per heavy atom. The van der Waals surface area contributed by atoms with E-state index in [2.05, 4.69) is 15.2 Å². The first-order valence-electron chi connectivity index (χ1n) is 4.87. The molecule has 16 heavy (non-hydrogen) atoms. The van der Waals surface area contributed by atoms with Crippen molar-refractivity contribution in [1.82, 2.24) is 19.6 Å². The number of thioether (sulfide) groups is 1. The van der Waals surface area contributed by atoms with E-state index >= 15 is 0 Å². The lowest BCUT2D eigenvalue weighted by Crippen LogP contribution is -2.09. The van der Waals surface area contributed by atoms with Crippen LogP contribution in [-0.2, 0) is 0 Å². The molecule has 2 heterocycles. The van der Waals surface area contributed by atoms with Crippen molar-refractivity contribution in [3.63, 3.8) is 0 Å². The Morgan fingerprint density at radius 3 is 3.25 bits per heavy atom. The van der Waals surface area contributed by atoms with Gasteiger partial charge in [-0.3, -0.25) is 0 Å².